The molecule has 0 bridgehead atoms. The first-order valence-electron chi connectivity index (χ1n) is 5.47. The number of hydrogen-bond acceptors (Lipinski definition) is 4. The summed E-state index contributed by atoms with van der Waals surface area (Å²) in [5, 5.41) is 2.85. The molecule has 0 fully saturated rings. The smallest absolute Gasteiger partial charge is 0.326 e. The number of carbonyl (C=O) groups excluding carboxylic acids is 1. The minimum Gasteiger partial charge on any atom is -0.491 e. The minimum absolute atomic E-state index is 0.0271. The lowest BCUT2D eigenvalue weighted by atomic mass is 10.3. The fraction of sp³-hybridized carbons (Fsp3) is 0.417. The third-order valence-electron chi connectivity index (χ3n) is 2.19. The Morgan fingerprint density at radius 3 is 2.44 bits per heavy atom. The van der Waals surface area contributed by atoms with E-state index in [0.717, 1.165) is 18.2 Å². The van der Waals surface area contributed by atoms with Crippen molar-refractivity contribution in [2.24, 2.45) is 0 Å². The second-order valence-corrected chi connectivity index (χ2v) is 3.55. The van der Waals surface area contributed by atoms with Crippen LogP contribution in [-0.2, 0) is 9.53 Å². The molecule has 18 heavy (non-hydrogen) atoms. The van der Waals surface area contributed by atoms with E-state index in [2.05, 4.69) is 10.1 Å². The van der Waals surface area contributed by atoms with Gasteiger partial charge in [0.1, 0.15) is 30.0 Å². The van der Waals surface area contributed by atoms with Crippen molar-refractivity contribution in [2.75, 3.05) is 20.3 Å². The van der Waals surface area contributed by atoms with Crippen molar-refractivity contribution in [1.82, 2.24) is 5.32 Å². The van der Waals surface area contributed by atoms with Gasteiger partial charge in [0.2, 0.25) is 0 Å². The molecule has 0 aliphatic carbocycles. The molecule has 0 amide bonds. The summed E-state index contributed by atoms with van der Waals surface area (Å²) >= 11 is 0. The van der Waals surface area contributed by atoms with Crippen LogP contribution in [0.25, 0.3) is 0 Å². The van der Waals surface area contributed by atoms with Gasteiger partial charge in [-0.3, -0.25) is 4.79 Å². The van der Waals surface area contributed by atoms with Crippen molar-refractivity contribution in [3.05, 3.63) is 29.8 Å². The first-order chi connectivity index (χ1) is 8.56. The molecule has 0 spiro atoms. The molecule has 0 saturated carbocycles. The number of halogens is 2. The number of rotatable bonds is 6. The van der Waals surface area contributed by atoms with Crippen molar-refractivity contribution in [3.63, 3.8) is 0 Å². The van der Waals surface area contributed by atoms with Gasteiger partial charge in [0.05, 0.1) is 7.11 Å². The van der Waals surface area contributed by atoms with Gasteiger partial charge in [-0.15, -0.1) is 0 Å². The van der Waals surface area contributed by atoms with Gasteiger partial charge in [0.25, 0.3) is 0 Å². The van der Waals surface area contributed by atoms with E-state index in [-0.39, 0.29) is 12.4 Å². The average molecular weight is 259 g/mol. The summed E-state index contributed by atoms with van der Waals surface area (Å²) in [6.45, 7) is 2.29. The van der Waals surface area contributed by atoms with Crippen LogP contribution in [0.5, 0.6) is 5.75 Å². The number of hydrogen-bond donors (Lipinski definition) is 1. The van der Waals surface area contributed by atoms with E-state index in [1.165, 1.54) is 7.11 Å². The van der Waals surface area contributed by atoms with Crippen LogP contribution in [-0.4, -0.2) is 32.3 Å². The van der Waals surface area contributed by atoms with Crippen molar-refractivity contribution < 1.29 is 23.0 Å². The molecule has 0 heterocycles. The molecule has 100 valence electrons. The molecule has 0 radical (unpaired) electrons. The fourth-order valence-corrected chi connectivity index (χ4v) is 1.39. The van der Waals surface area contributed by atoms with Gasteiger partial charge in [-0.05, 0) is 6.54 Å². The van der Waals surface area contributed by atoms with Crippen LogP contribution in [0.15, 0.2) is 18.2 Å². The fourth-order valence-electron chi connectivity index (χ4n) is 1.39. The first-order valence-corrected chi connectivity index (χ1v) is 5.47. The molecule has 1 unspecified atom stereocenters. The Bertz CT molecular complexity index is 392. The first kappa shape index (κ1) is 14.4. The van der Waals surface area contributed by atoms with Crippen LogP contribution in [0.2, 0.25) is 0 Å². The summed E-state index contributed by atoms with van der Waals surface area (Å²) in [7, 11) is 1.26. The lowest BCUT2D eigenvalue weighted by molar-refractivity contribution is -0.143. The molecular formula is C12H15F2NO3. The number of nitrogens with one attached hydrogen (secondary N) is 1. The maximum absolute atomic E-state index is 12.9. The minimum atomic E-state index is -0.733. The van der Waals surface area contributed by atoms with Crippen LogP contribution in [0.3, 0.4) is 0 Å². The van der Waals surface area contributed by atoms with Gasteiger partial charge < -0.3 is 14.8 Å². The lowest BCUT2D eigenvalue weighted by Gasteiger charge is -2.16. The third-order valence-corrected chi connectivity index (χ3v) is 2.19. The third kappa shape index (κ3) is 4.29. The Labute approximate surface area is 104 Å². The summed E-state index contributed by atoms with van der Waals surface area (Å²) in [4.78, 5) is 11.3. The quantitative estimate of drug-likeness (QED) is 0.786. The summed E-state index contributed by atoms with van der Waals surface area (Å²) in [5.41, 5.74) is 0. The van der Waals surface area contributed by atoms with Crippen LogP contribution in [0, 0.1) is 11.6 Å². The van der Waals surface area contributed by atoms with Gasteiger partial charge in [0.15, 0.2) is 0 Å². The molecule has 0 aliphatic heterocycles. The molecule has 0 saturated heterocycles. The number of ether oxygens (including phenoxy) is 2. The van der Waals surface area contributed by atoms with Gasteiger partial charge in [-0.25, -0.2) is 8.78 Å². The van der Waals surface area contributed by atoms with Crippen LogP contribution >= 0.6 is 0 Å². The van der Waals surface area contributed by atoms with Crippen LogP contribution in [0.4, 0.5) is 8.78 Å². The largest absolute Gasteiger partial charge is 0.491 e. The Hall–Kier alpha value is -1.69. The van der Waals surface area contributed by atoms with E-state index in [1.807, 2.05) is 6.92 Å². The number of methoxy groups -OCH3 is 1. The number of esters is 1. The predicted molar refractivity (Wildman–Crippen MR) is 61.3 cm³/mol. The maximum Gasteiger partial charge on any atom is 0.326 e. The molecule has 6 heteroatoms. The van der Waals surface area contributed by atoms with Crippen molar-refractivity contribution in [1.29, 1.82) is 0 Å². The summed E-state index contributed by atoms with van der Waals surface area (Å²) < 4.78 is 35.5. The van der Waals surface area contributed by atoms with Crippen molar-refractivity contribution in [2.45, 2.75) is 13.0 Å². The highest BCUT2D eigenvalue weighted by Crippen LogP contribution is 2.15. The highest BCUT2D eigenvalue weighted by atomic mass is 19.1. The van der Waals surface area contributed by atoms with E-state index >= 15 is 0 Å². The molecule has 1 rings (SSSR count). The number of carbonyl (C=O) groups is 1. The standard InChI is InChI=1S/C12H15F2NO3/c1-3-15-11(12(16)17-2)7-18-10-5-8(13)4-9(14)6-10/h4-6,11,15H,3,7H2,1-2H3. The molecule has 1 aromatic carbocycles. The molecule has 1 N–H and O–H groups in total. The van der Waals surface area contributed by atoms with Gasteiger partial charge in [-0.2, -0.15) is 0 Å². The van der Waals surface area contributed by atoms with Crippen LogP contribution < -0.4 is 10.1 Å². The Kier molecular flexibility index (Phi) is 5.51. The van der Waals surface area contributed by atoms with E-state index in [9.17, 15) is 13.6 Å². The predicted octanol–water partition coefficient (Wildman–Crippen LogP) is 1.49. The second kappa shape index (κ2) is 6.90. The van der Waals surface area contributed by atoms with E-state index < -0.39 is 23.6 Å². The van der Waals surface area contributed by atoms with Crippen molar-refractivity contribution >= 4 is 5.97 Å². The Morgan fingerprint density at radius 1 is 1.33 bits per heavy atom. The maximum atomic E-state index is 12.9. The number of benzene rings is 1. The summed E-state index contributed by atoms with van der Waals surface area (Å²) in [5.74, 6) is -1.93. The average Bonchev–Trinajstić information content (AvgIpc) is 2.32. The summed E-state index contributed by atoms with van der Waals surface area (Å²) in [6, 6.07) is 2.16. The van der Waals surface area contributed by atoms with E-state index in [0.29, 0.717) is 6.54 Å². The second-order valence-electron chi connectivity index (χ2n) is 3.55. The van der Waals surface area contributed by atoms with Crippen molar-refractivity contribution in [3.8, 4) is 5.75 Å². The molecule has 0 aliphatic rings. The van der Waals surface area contributed by atoms with Gasteiger partial charge >= 0.3 is 5.97 Å². The monoisotopic (exact) mass is 259 g/mol. The van der Waals surface area contributed by atoms with Gasteiger partial charge in [0, 0.05) is 18.2 Å². The highest BCUT2D eigenvalue weighted by molar-refractivity contribution is 5.75. The molecule has 1 aromatic rings. The summed E-state index contributed by atoms with van der Waals surface area (Å²) in [6.07, 6.45) is 0. The van der Waals surface area contributed by atoms with Gasteiger partial charge in [-0.1, -0.05) is 6.92 Å². The SMILES string of the molecule is CCNC(COc1cc(F)cc(F)c1)C(=O)OC. The Balaban J connectivity index is 2.63. The number of likely N-dealkylation sites (N-methyl/N-ethyl adjacent to an activating group) is 1. The highest BCUT2D eigenvalue weighted by Gasteiger charge is 2.18. The lowest BCUT2D eigenvalue weighted by Crippen LogP contribution is -2.42. The zero-order valence-electron chi connectivity index (χ0n) is 10.2. The molecule has 0 aromatic heterocycles. The zero-order valence-corrected chi connectivity index (χ0v) is 10.2. The van der Waals surface area contributed by atoms with Crippen LogP contribution in [0.1, 0.15) is 6.92 Å². The normalized spacial score (nSPS) is 12.0. The molecule has 1 atom stereocenters. The zero-order chi connectivity index (χ0) is 13.5. The molecular weight excluding hydrogens is 244 g/mol. The topological polar surface area (TPSA) is 47.6 Å². The van der Waals surface area contributed by atoms with E-state index in [4.69, 9.17) is 4.74 Å². The Morgan fingerprint density at radius 2 is 1.94 bits per heavy atom. The molecule has 4 nitrogen and oxygen atoms in total. The van der Waals surface area contributed by atoms with E-state index in [1.54, 1.807) is 0 Å².